The van der Waals surface area contributed by atoms with E-state index in [0.29, 0.717) is 6.42 Å². The zero-order valence-corrected chi connectivity index (χ0v) is 17.8. The van der Waals surface area contributed by atoms with Gasteiger partial charge in [-0.05, 0) is 36.0 Å². The quantitative estimate of drug-likeness (QED) is 0.386. The van der Waals surface area contributed by atoms with Crippen LogP contribution in [0.15, 0.2) is 53.7 Å². The number of hydrogen-bond donors (Lipinski definition) is 0. The fourth-order valence-electron chi connectivity index (χ4n) is 3.02. The minimum atomic E-state index is 0.115. The van der Waals surface area contributed by atoms with Crippen molar-refractivity contribution in [3.05, 3.63) is 59.7 Å². The summed E-state index contributed by atoms with van der Waals surface area (Å²) in [5, 5.41) is 18.6. The second-order valence-electron chi connectivity index (χ2n) is 7.87. The number of hydrogen-bond acceptors (Lipinski definition) is 4. The number of benzene rings is 2. The molecule has 1 aromatic heterocycles. The smallest absolute Gasteiger partial charge is 0.196 e. The number of aromatic nitrogens is 3. The van der Waals surface area contributed by atoms with Crippen LogP contribution in [0.3, 0.4) is 0 Å². The van der Waals surface area contributed by atoms with Crippen LogP contribution in [0.2, 0.25) is 0 Å². The van der Waals surface area contributed by atoms with Crippen LogP contribution in [-0.4, -0.2) is 20.5 Å². The minimum Gasteiger partial charge on any atom is -0.270 e. The topological polar surface area (TPSA) is 54.5 Å². The van der Waals surface area contributed by atoms with Gasteiger partial charge in [0, 0.05) is 17.7 Å². The van der Waals surface area contributed by atoms with Crippen molar-refractivity contribution in [2.75, 3.05) is 5.75 Å². The maximum atomic E-state index is 8.77. The number of para-hydroxylation sites is 1. The second kappa shape index (κ2) is 8.62. The van der Waals surface area contributed by atoms with Gasteiger partial charge in [0.1, 0.15) is 0 Å². The van der Waals surface area contributed by atoms with Crippen molar-refractivity contribution >= 4 is 11.8 Å². The molecule has 0 fully saturated rings. The van der Waals surface area contributed by atoms with E-state index in [2.05, 4.69) is 84.9 Å². The summed E-state index contributed by atoms with van der Waals surface area (Å²) in [6.45, 7) is 8.75. The van der Waals surface area contributed by atoms with E-state index in [9.17, 15) is 0 Å². The standard InChI is InChI=1S/C23H26N4S/c1-17-9-5-6-10-20(17)27-21(25-26-22(27)28-16-8-7-15-24)18-11-13-19(14-12-18)23(2,3)4/h5-6,9-14H,7-8,16H2,1-4H3. The summed E-state index contributed by atoms with van der Waals surface area (Å²) < 4.78 is 2.14. The van der Waals surface area contributed by atoms with Crippen molar-refractivity contribution in [3.63, 3.8) is 0 Å². The lowest BCUT2D eigenvalue weighted by molar-refractivity contribution is 0.590. The Balaban J connectivity index is 2.03. The molecule has 0 unspecified atom stereocenters. The fourth-order valence-corrected chi connectivity index (χ4v) is 3.90. The van der Waals surface area contributed by atoms with Crippen LogP contribution in [0, 0.1) is 18.3 Å². The van der Waals surface area contributed by atoms with Gasteiger partial charge in [0.15, 0.2) is 11.0 Å². The first-order valence-electron chi connectivity index (χ1n) is 9.54. The molecule has 0 amide bonds. The molecule has 2 aromatic carbocycles. The fraction of sp³-hybridized carbons (Fsp3) is 0.348. The van der Waals surface area contributed by atoms with Crippen LogP contribution in [-0.2, 0) is 5.41 Å². The Labute approximate surface area is 171 Å². The van der Waals surface area contributed by atoms with Gasteiger partial charge in [0.05, 0.1) is 11.8 Å². The molecule has 0 bridgehead atoms. The monoisotopic (exact) mass is 390 g/mol. The first-order valence-corrected chi connectivity index (χ1v) is 10.5. The molecule has 4 nitrogen and oxygen atoms in total. The zero-order chi connectivity index (χ0) is 20.1. The molecule has 0 aliphatic rings. The highest BCUT2D eigenvalue weighted by Crippen LogP contribution is 2.31. The lowest BCUT2D eigenvalue weighted by atomic mass is 9.87. The molecule has 0 saturated heterocycles. The normalized spacial score (nSPS) is 11.4. The summed E-state index contributed by atoms with van der Waals surface area (Å²) in [6.07, 6.45) is 1.41. The van der Waals surface area contributed by atoms with E-state index in [-0.39, 0.29) is 5.41 Å². The molecule has 28 heavy (non-hydrogen) atoms. The Kier molecular flexibility index (Phi) is 6.21. The first-order chi connectivity index (χ1) is 13.4. The largest absolute Gasteiger partial charge is 0.270 e. The summed E-state index contributed by atoms with van der Waals surface area (Å²) in [7, 11) is 0. The predicted molar refractivity (Wildman–Crippen MR) is 116 cm³/mol. The number of thioether (sulfide) groups is 1. The third kappa shape index (κ3) is 4.45. The van der Waals surface area contributed by atoms with Gasteiger partial charge < -0.3 is 0 Å². The van der Waals surface area contributed by atoms with Crippen LogP contribution in [0.1, 0.15) is 44.7 Å². The Morgan fingerprint density at radius 2 is 1.75 bits per heavy atom. The molecular weight excluding hydrogens is 364 g/mol. The van der Waals surface area contributed by atoms with Gasteiger partial charge in [-0.15, -0.1) is 10.2 Å². The van der Waals surface area contributed by atoms with Gasteiger partial charge in [-0.1, -0.05) is 75.0 Å². The molecule has 0 aliphatic carbocycles. The van der Waals surface area contributed by atoms with Crippen molar-refractivity contribution in [1.82, 2.24) is 14.8 Å². The Bertz CT molecular complexity index is 975. The van der Waals surface area contributed by atoms with Gasteiger partial charge in [-0.2, -0.15) is 5.26 Å². The van der Waals surface area contributed by atoms with Crippen molar-refractivity contribution in [2.45, 2.75) is 51.1 Å². The Morgan fingerprint density at radius 3 is 2.39 bits per heavy atom. The number of rotatable bonds is 6. The van der Waals surface area contributed by atoms with E-state index in [4.69, 9.17) is 5.26 Å². The number of nitrogens with zero attached hydrogens (tertiary/aromatic N) is 4. The maximum Gasteiger partial charge on any atom is 0.196 e. The Morgan fingerprint density at radius 1 is 1.04 bits per heavy atom. The summed E-state index contributed by atoms with van der Waals surface area (Å²) in [5.41, 5.74) is 4.72. The van der Waals surface area contributed by atoms with Gasteiger partial charge in [-0.3, -0.25) is 4.57 Å². The van der Waals surface area contributed by atoms with Gasteiger partial charge >= 0.3 is 0 Å². The molecule has 0 aliphatic heterocycles. The highest BCUT2D eigenvalue weighted by atomic mass is 32.2. The highest BCUT2D eigenvalue weighted by molar-refractivity contribution is 7.99. The molecule has 0 spiro atoms. The second-order valence-corrected chi connectivity index (χ2v) is 8.93. The van der Waals surface area contributed by atoms with Crippen LogP contribution in [0.5, 0.6) is 0 Å². The van der Waals surface area contributed by atoms with E-state index in [1.54, 1.807) is 11.8 Å². The zero-order valence-electron chi connectivity index (χ0n) is 16.9. The number of unbranched alkanes of at least 4 members (excludes halogenated alkanes) is 1. The third-order valence-electron chi connectivity index (χ3n) is 4.66. The predicted octanol–water partition coefficient (Wildman–Crippen LogP) is 5.94. The molecule has 5 heteroatoms. The molecule has 144 valence electrons. The molecule has 0 radical (unpaired) electrons. The van der Waals surface area contributed by atoms with E-state index in [1.807, 2.05) is 12.1 Å². The lowest BCUT2D eigenvalue weighted by Crippen LogP contribution is -2.10. The van der Waals surface area contributed by atoms with Crippen molar-refractivity contribution in [3.8, 4) is 23.1 Å². The molecule has 3 rings (SSSR count). The van der Waals surface area contributed by atoms with Gasteiger partial charge in [-0.25, -0.2) is 0 Å². The summed E-state index contributed by atoms with van der Waals surface area (Å²) >= 11 is 1.65. The van der Waals surface area contributed by atoms with Crippen LogP contribution >= 0.6 is 11.8 Å². The molecule has 1 heterocycles. The third-order valence-corrected chi connectivity index (χ3v) is 5.68. The van der Waals surface area contributed by atoms with Gasteiger partial charge in [0.2, 0.25) is 0 Å². The van der Waals surface area contributed by atoms with Crippen molar-refractivity contribution in [2.24, 2.45) is 0 Å². The van der Waals surface area contributed by atoms with E-state index in [0.717, 1.165) is 34.4 Å². The van der Waals surface area contributed by atoms with Gasteiger partial charge in [0.25, 0.3) is 0 Å². The maximum absolute atomic E-state index is 8.77. The lowest BCUT2D eigenvalue weighted by Gasteiger charge is -2.19. The Hall–Kier alpha value is -2.58. The molecule has 0 atom stereocenters. The average molecular weight is 391 g/mol. The highest BCUT2D eigenvalue weighted by Gasteiger charge is 2.19. The minimum absolute atomic E-state index is 0.115. The van der Waals surface area contributed by atoms with Crippen LogP contribution in [0.25, 0.3) is 17.1 Å². The average Bonchev–Trinajstić information content (AvgIpc) is 3.09. The van der Waals surface area contributed by atoms with E-state index in [1.165, 1.54) is 11.1 Å². The van der Waals surface area contributed by atoms with Crippen molar-refractivity contribution in [1.29, 1.82) is 5.26 Å². The number of nitriles is 1. The first kappa shape index (κ1) is 20.2. The SMILES string of the molecule is Cc1ccccc1-n1c(SCCCC#N)nnc1-c1ccc(C(C)(C)C)cc1. The van der Waals surface area contributed by atoms with Crippen molar-refractivity contribution < 1.29 is 0 Å². The number of aryl methyl sites for hydroxylation is 1. The molecular formula is C23H26N4S. The molecule has 0 N–H and O–H groups in total. The van der Waals surface area contributed by atoms with Crippen LogP contribution in [0.4, 0.5) is 0 Å². The van der Waals surface area contributed by atoms with E-state index >= 15 is 0 Å². The summed E-state index contributed by atoms with van der Waals surface area (Å²) in [4.78, 5) is 0. The summed E-state index contributed by atoms with van der Waals surface area (Å²) in [5.74, 6) is 1.69. The molecule has 0 saturated carbocycles. The van der Waals surface area contributed by atoms with E-state index < -0.39 is 0 Å². The summed E-state index contributed by atoms with van der Waals surface area (Å²) in [6, 6.07) is 19.1. The molecule has 3 aromatic rings. The van der Waals surface area contributed by atoms with Crippen LogP contribution < -0.4 is 0 Å².